The van der Waals surface area contributed by atoms with Gasteiger partial charge in [-0.2, -0.15) is 0 Å². The van der Waals surface area contributed by atoms with Crippen molar-refractivity contribution >= 4 is 17.4 Å². The van der Waals surface area contributed by atoms with E-state index in [2.05, 4.69) is 5.32 Å². The van der Waals surface area contributed by atoms with E-state index in [1.54, 1.807) is 24.3 Å². The number of hydrogen-bond donors (Lipinski definition) is 1. The molecule has 2 aromatic carbocycles. The predicted molar refractivity (Wildman–Crippen MR) is 90.8 cm³/mol. The van der Waals surface area contributed by atoms with E-state index in [4.69, 9.17) is 4.74 Å². The van der Waals surface area contributed by atoms with Gasteiger partial charge in [0.2, 0.25) is 0 Å². The molecule has 0 aliphatic heterocycles. The normalized spacial score (nSPS) is 10.6. The predicted octanol–water partition coefficient (Wildman–Crippen LogP) is 4.04. The van der Waals surface area contributed by atoms with Crippen LogP contribution in [0.2, 0.25) is 0 Å². The molecular formula is C19H19NO3. The van der Waals surface area contributed by atoms with Gasteiger partial charge in [0.25, 0.3) is 5.91 Å². The number of Topliss-reactive ketones (excluding diaryl/α,β-unsaturated/α-hetero) is 1. The lowest BCUT2D eigenvalue weighted by Crippen LogP contribution is -2.08. The molecule has 0 heterocycles. The first-order valence-electron chi connectivity index (χ1n) is 7.28. The van der Waals surface area contributed by atoms with Crippen LogP contribution < -0.4 is 10.1 Å². The number of ketones is 1. The second-order valence-electron chi connectivity index (χ2n) is 5.29. The second kappa shape index (κ2) is 7.40. The van der Waals surface area contributed by atoms with Gasteiger partial charge in [-0.3, -0.25) is 9.59 Å². The lowest BCUT2D eigenvalue weighted by atomic mass is 10.1. The SMILES string of the molecule is CC(=O)c1ccc(OC=CC(=O)Nc2ccc(C)c(C)c2)cc1. The Morgan fingerprint density at radius 3 is 2.30 bits per heavy atom. The Morgan fingerprint density at radius 2 is 1.70 bits per heavy atom. The van der Waals surface area contributed by atoms with Gasteiger partial charge in [0.05, 0.1) is 6.26 Å². The van der Waals surface area contributed by atoms with Crippen molar-refractivity contribution in [2.45, 2.75) is 20.8 Å². The fourth-order valence-electron chi connectivity index (χ4n) is 1.95. The average molecular weight is 309 g/mol. The molecule has 0 radical (unpaired) electrons. The Kier molecular flexibility index (Phi) is 5.31. The maximum absolute atomic E-state index is 11.8. The molecule has 0 bridgehead atoms. The van der Waals surface area contributed by atoms with Gasteiger partial charge in [-0.1, -0.05) is 6.07 Å². The quantitative estimate of drug-likeness (QED) is 0.515. The van der Waals surface area contributed by atoms with E-state index < -0.39 is 0 Å². The molecule has 1 N–H and O–H groups in total. The number of rotatable bonds is 5. The van der Waals surface area contributed by atoms with Crippen molar-refractivity contribution in [2.75, 3.05) is 5.32 Å². The van der Waals surface area contributed by atoms with Gasteiger partial charge in [-0.15, -0.1) is 0 Å². The molecule has 0 aliphatic rings. The van der Waals surface area contributed by atoms with Crippen LogP contribution in [-0.4, -0.2) is 11.7 Å². The Balaban J connectivity index is 1.90. The van der Waals surface area contributed by atoms with Gasteiger partial charge < -0.3 is 10.1 Å². The number of carbonyl (C=O) groups is 2. The van der Waals surface area contributed by atoms with E-state index in [0.29, 0.717) is 11.3 Å². The Hall–Kier alpha value is -2.88. The minimum absolute atomic E-state index is 0.000129. The highest BCUT2D eigenvalue weighted by Crippen LogP contribution is 2.15. The zero-order valence-corrected chi connectivity index (χ0v) is 13.4. The van der Waals surface area contributed by atoms with E-state index in [1.807, 2.05) is 32.0 Å². The van der Waals surface area contributed by atoms with Crippen LogP contribution in [0.1, 0.15) is 28.4 Å². The van der Waals surface area contributed by atoms with Gasteiger partial charge >= 0.3 is 0 Å². The summed E-state index contributed by atoms with van der Waals surface area (Å²) in [6.07, 6.45) is 2.63. The first-order chi connectivity index (χ1) is 11.0. The number of nitrogens with one attached hydrogen (secondary N) is 1. The third-order valence-corrected chi connectivity index (χ3v) is 3.46. The highest BCUT2D eigenvalue weighted by Gasteiger charge is 2.01. The number of anilines is 1. The molecule has 0 atom stereocenters. The standard InChI is InChI=1S/C19H19NO3/c1-13-4-7-17(12-14(13)2)20-19(22)10-11-23-18-8-5-16(6-9-18)15(3)21/h4-12H,1-3H3,(H,20,22). The number of aryl methyl sites for hydroxylation is 2. The maximum Gasteiger partial charge on any atom is 0.251 e. The van der Waals surface area contributed by atoms with Crippen LogP contribution in [0.5, 0.6) is 5.75 Å². The van der Waals surface area contributed by atoms with Crippen molar-refractivity contribution in [1.29, 1.82) is 0 Å². The Morgan fingerprint density at radius 1 is 1.00 bits per heavy atom. The molecular weight excluding hydrogens is 290 g/mol. The number of benzene rings is 2. The van der Waals surface area contributed by atoms with Crippen LogP contribution in [0.25, 0.3) is 0 Å². The minimum Gasteiger partial charge on any atom is -0.465 e. The minimum atomic E-state index is -0.270. The van der Waals surface area contributed by atoms with E-state index in [1.165, 1.54) is 24.8 Å². The zero-order chi connectivity index (χ0) is 16.8. The smallest absolute Gasteiger partial charge is 0.251 e. The van der Waals surface area contributed by atoms with E-state index in [9.17, 15) is 9.59 Å². The van der Waals surface area contributed by atoms with E-state index in [0.717, 1.165) is 11.3 Å². The number of hydrogen-bond acceptors (Lipinski definition) is 3. The molecule has 118 valence electrons. The first-order valence-corrected chi connectivity index (χ1v) is 7.28. The molecule has 1 amide bonds. The van der Waals surface area contributed by atoms with E-state index >= 15 is 0 Å². The summed E-state index contributed by atoms with van der Waals surface area (Å²) in [6, 6.07) is 12.5. The summed E-state index contributed by atoms with van der Waals surface area (Å²) in [4.78, 5) is 23.0. The topological polar surface area (TPSA) is 55.4 Å². The molecule has 0 saturated carbocycles. The molecule has 4 nitrogen and oxygen atoms in total. The largest absolute Gasteiger partial charge is 0.465 e. The van der Waals surface area contributed by atoms with Crippen LogP contribution in [0.3, 0.4) is 0 Å². The van der Waals surface area contributed by atoms with Crippen molar-refractivity contribution in [3.63, 3.8) is 0 Å². The summed E-state index contributed by atoms with van der Waals surface area (Å²) in [7, 11) is 0. The molecule has 0 fully saturated rings. The molecule has 2 rings (SSSR count). The Bertz CT molecular complexity index is 746. The van der Waals surface area contributed by atoms with Crippen molar-refractivity contribution in [3.05, 3.63) is 71.5 Å². The summed E-state index contributed by atoms with van der Waals surface area (Å²) >= 11 is 0. The molecule has 0 aromatic heterocycles. The molecule has 0 aliphatic carbocycles. The van der Waals surface area contributed by atoms with Crippen molar-refractivity contribution in [3.8, 4) is 5.75 Å². The summed E-state index contributed by atoms with van der Waals surface area (Å²) in [5, 5.41) is 2.77. The van der Waals surface area contributed by atoms with Gasteiger partial charge in [-0.25, -0.2) is 0 Å². The van der Waals surface area contributed by atoms with Crippen molar-refractivity contribution in [2.24, 2.45) is 0 Å². The van der Waals surface area contributed by atoms with Crippen LogP contribution in [0.15, 0.2) is 54.8 Å². The third kappa shape index (κ3) is 4.81. The second-order valence-corrected chi connectivity index (χ2v) is 5.29. The van der Waals surface area contributed by atoms with Gasteiger partial charge in [0.15, 0.2) is 5.78 Å². The summed E-state index contributed by atoms with van der Waals surface area (Å²) in [5.74, 6) is 0.290. The zero-order valence-electron chi connectivity index (χ0n) is 13.4. The molecule has 2 aromatic rings. The van der Waals surface area contributed by atoms with Crippen LogP contribution in [0, 0.1) is 13.8 Å². The van der Waals surface area contributed by atoms with Crippen molar-refractivity contribution < 1.29 is 14.3 Å². The van der Waals surface area contributed by atoms with Crippen LogP contribution >= 0.6 is 0 Å². The fraction of sp³-hybridized carbons (Fsp3) is 0.158. The van der Waals surface area contributed by atoms with E-state index in [-0.39, 0.29) is 11.7 Å². The number of carbonyl (C=O) groups excluding carboxylic acids is 2. The maximum atomic E-state index is 11.8. The van der Waals surface area contributed by atoms with Gasteiger partial charge in [0, 0.05) is 17.3 Å². The lowest BCUT2D eigenvalue weighted by Gasteiger charge is -2.05. The van der Waals surface area contributed by atoms with Gasteiger partial charge in [0.1, 0.15) is 5.75 Å². The highest BCUT2D eigenvalue weighted by molar-refractivity contribution is 5.99. The number of ether oxygens (including phenoxy) is 1. The molecule has 23 heavy (non-hydrogen) atoms. The summed E-state index contributed by atoms with van der Waals surface area (Å²) < 4.78 is 5.34. The molecule has 4 heteroatoms. The third-order valence-electron chi connectivity index (χ3n) is 3.46. The van der Waals surface area contributed by atoms with Crippen LogP contribution in [-0.2, 0) is 4.79 Å². The van der Waals surface area contributed by atoms with Gasteiger partial charge in [-0.05, 0) is 68.3 Å². The van der Waals surface area contributed by atoms with Crippen molar-refractivity contribution in [1.82, 2.24) is 0 Å². The monoisotopic (exact) mass is 309 g/mol. The fourth-order valence-corrected chi connectivity index (χ4v) is 1.95. The summed E-state index contributed by atoms with van der Waals surface area (Å²) in [6.45, 7) is 5.52. The summed E-state index contributed by atoms with van der Waals surface area (Å²) in [5.41, 5.74) is 3.66. The molecule has 0 unspecified atom stereocenters. The molecule has 0 saturated heterocycles. The first kappa shape index (κ1) is 16.5. The highest BCUT2D eigenvalue weighted by atomic mass is 16.5. The Labute approximate surface area is 135 Å². The number of amides is 1. The molecule has 0 spiro atoms. The van der Waals surface area contributed by atoms with Crippen LogP contribution in [0.4, 0.5) is 5.69 Å². The lowest BCUT2D eigenvalue weighted by molar-refractivity contribution is -0.112. The average Bonchev–Trinajstić information content (AvgIpc) is 2.51.